The predicted octanol–water partition coefficient (Wildman–Crippen LogP) is 4.52. The molecule has 1 aromatic heterocycles. The van der Waals surface area contributed by atoms with Gasteiger partial charge in [0.25, 0.3) is 0 Å². The average molecular weight is 402 g/mol. The van der Waals surface area contributed by atoms with Crippen LogP contribution in [0.3, 0.4) is 0 Å². The summed E-state index contributed by atoms with van der Waals surface area (Å²) in [6.45, 7) is 0. The summed E-state index contributed by atoms with van der Waals surface area (Å²) in [5, 5.41) is 14.9. The normalized spacial score (nSPS) is 17.9. The Bertz CT molecular complexity index is 1190. The Labute approximate surface area is 174 Å². The van der Waals surface area contributed by atoms with E-state index in [-0.39, 0.29) is 17.5 Å². The number of aromatic hydroxyl groups is 1. The molecule has 3 aromatic rings. The van der Waals surface area contributed by atoms with Crippen LogP contribution in [0.5, 0.6) is 17.2 Å². The van der Waals surface area contributed by atoms with Gasteiger partial charge >= 0.3 is 0 Å². The maximum absolute atomic E-state index is 13.1. The lowest BCUT2D eigenvalue weighted by Crippen LogP contribution is -2.27. The second-order valence-electron chi connectivity index (χ2n) is 7.60. The molecule has 0 fully saturated rings. The van der Waals surface area contributed by atoms with Crippen LogP contribution in [0.15, 0.2) is 53.9 Å². The van der Waals surface area contributed by atoms with Crippen LogP contribution in [0, 0.1) is 0 Å². The number of fused-ring (bicyclic) bond motifs is 3. The van der Waals surface area contributed by atoms with Crippen molar-refractivity contribution < 1.29 is 19.4 Å². The number of carbonyl (C=O) groups excluding carboxylic acids is 1. The monoisotopic (exact) mass is 402 g/mol. The molecule has 2 aliphatic rings. The number of phenolic OH excluding ortho intramolecular Hbond substituents is 1. The zero-order chi connectivity index (χ0) is 20.8. The third-order valence-electron chi connectivity index (χ3n) is 5.98. The van der Waals surface area contributed by atoms with E-state index in [9.17, 15) is 9.90 Å². The van der Waals surface area contributed by atoms with Crippen LogP contribution in [-0.4, -0.2) is 30.1 Å². The molecule has 5 rings (SSSR count). The summed E-state index contributed by atoms with van der Waals surface area (Å²) in [5.41, 5.74) is 5.43. The van der Waals surface area contributed by atoms with Gasteiger partial charge in [0, 0.05) is 40.9 Å². The Morgan fingerprint density at radius 3 is 2.60 bits per heavy atom. The molecule has 0 amide bonds. The number of hydrogen-bond donors (Lipinski definition) is 2. The lowest BCUT2D eigenvalue weighted by atomic mass is 9.74. The van der Waals surface area contributed by atoms with Gasteiger partial charge < -0.3 is 19.9 Å². The SMILES string of the molecule is COc1cc(C2C3=C(CCCC3=O)Nc3ccc4ncccc4c32)cc(OC)c1O. The van der Waals surface area contributed by atoms with E-state index in [0.29, 0.717) is 17.9 Å². The van der Waals surface area contributed by atoms with E-state index in [4.69, 9.17) is 9.47 Å². The number of ketones is 1. The summed E-state index contributed by atoms with van der Waals surface area (Å²) < 4.78 is 10.8. The number of ether oxygens (including phenoxy) is 2. The Balaban J connectivity index is 1.84. The van der Waals surface area contributed by atoms with Gasteiger partial charge in [-0.25, -0.2) is 0 Å². The molecular weight excluding hydrogens is 380 g/mol. The van der Waals surface area contributed by atoms with Crippen molar-refractivity contribution in [2.75, 3.05) is 19.5 Å². The number of methoxy groups -OCH3 is 2. The van der Waals surface area contributed by atoms with Crippen LogP contribution in [0.2, 0.25) is 0 Å². The molecule has 0 saturated heterocycles. The van der Waals surface area contributed by atoms with Crippen molar-refractivity contribution >= 4 is 22.4 Å². The zero-order valence-electron chi connectivity index (χ0n) is 16.9. The fraction of sp³-hybridized carbons (Fsp3) is 0.250. The Hall–Kier alpha value is -3.54. The lowest BCUT2D eigenvalue weighted by Gasteiger charge is -2.35. The number of anilines is 1. The minimum atomic E-state index is -0.305. The fourth-order valence-electron chi connectivity index (χ4n) is 4.64. The van der Waals surface area contributed by atoms with E-state index < -0.39 is 0 Å². The number of aromatic nitrogens is 1. The van der Waals surface area contributed by atoms with E-state index in [1.54, 1.807) is 18.3 Å². The molecule has 2 heterocycles. The first-order valence-electron chi connectivity index (χ1n) is 9.98. The molecule has 6 heteroatoms. The molecule has 1 aliphatic heterocycles. The zero-order valence-corrected chi connectivity index (χ0v) is 16.9. The number of allylic oxidation sites excluding steroid dienone is 2. The first-order chi connectivity index (χ1) is 14.6. The van der Waals surface area contributed by atoms with Crippen LogP contribution in [0.4, 0.5) is 5.69 Å². The van der Waals surface area contributed by atoms with Crippen LogP contribution < -0.4 is 14.8 Å². The highest BCUT2D eigenvalue weighted by Crippen LogP contribution is 2.50. The second-order valence-corrected chi connectivity index (χ2v) is 7.60. The molecule has 30 heavy (non-hydrogen) atoms. The summed E-state index contributed by atoms with van der Waals surface area (Å²) in [7, 11) is 3.01. The Morgan fingerprint density at radius 2 is 1.87 bits per heavy atom. The largest absolute Gasteiger partial charge is 0.502 e. The molecule has 0 saturated carbocycles. The molecule has 2 aromatic carbocycles. The van der Waals surface area contributed by atoms with Crippen molar-refractivity contribution in [1.82, 2.24) is 4.98 Å². The van der Waals surface area contributed by atoms with E-state index >= 15 is 0 Å². The van der Waals surface area contributed by atoms with Crippen LogP contribution in [0.25, 0.3) is 10.9 Å². The van der Waals surface area contributed by atoms with Gasteiger partial charge in [-0.2, -0.15) is 0 Å². The summed E-state index contributed by atoms with van der Waals surface area (Å²) >= 11 is 0. The number of nitrogens with zero attached hydrogens (tertiary/aromatic N) is 1. The quantitative estimate of drug-likeness (QED) is 0.670. The lowest BCUT2D eigenvalue weighted by molar-refractivity contribution is -0.116. The highest BCUT2D eigenvalue weighted by Gasteiger charge is 2.37. The molecule has 0 radical (unpaired) electrons. The molecule has 152 valence electrons. The molecule has 1 aliphatic carbocycles. The fourth-order valence-corrected chi connectivity index (χ4v) is 4.64. The Kier molecular flexibility index (Phi) is 4.35. The molecular formula is C24H22N2O4. The molecule has 0 spiro atoms. The summed E-state index contributed by atoms with van der Waals surface area (Å²) in [6, 6.07) is 11.5. The number of rotatable bonds is 3. The van der Waals surface area contributed by atoms with Crippen molar-refractivity contribution in [2.24, 2.45) is 0 Å². The molecule has 1 unspecified atom stereocenters. The second kappa shape index (κ2) is 7.06. The number of pyridine rings is 1. The standard InChI is InChI=1S/C24H22N2O4/c1-29-19-11-13(12-20(30-2)24(19)28)21-22-14-5-4-10-25-15(14)8-9-17(22)26-16-6-3-7-18(27)23(16)21/h4-5,8-12,21,26,28H,3,6-7H2,1-2H3. The van der Waals surface area contributed by atoms with E-state index in [1.807, 2.05) is 24.3 Å². The van der Waals surface area contributed by atoms with E-state index in [1.165, 1.54) is 14.2 Å². The van der Waals surface area contributed by atoms with Crippen LogP contribution in [0.1, 0.15) is 36.3 Å². The van der Waals surface area contributed by atoms with Gasteiger partial charge in [0.15, 0.2) is 17.3 Å². The number of phenols is 1. The maximum atomic E-state index is 13.1. The highest BCUT2D eigenvalue weighted by atomic mass is 16.5. The topological polar surface area (TPSA) is 80.7 Å². The van der Waals surface area contributed by atoms with Gasteiger partial charge in [-0.1, -0.05) is 6.07 Å². The number of Topliss-reactive ketones (excluding diaryl/α,β-unsaturated/α-hetero) is 1. The van der Waals surface area contributed by atoms with Crippen molar-refractivity contribution in [1.29, 1.82) is 0 Å². The van der Waals surface area contributed by atoms with Gasteiger partial charge in [-0.05, 0) is 54.3 Å². The van der Waals surface area contributed by atoms with Gasteiger partial charge in [0.2, 0.25) is 5.75 Å². The third-order valence-corrected chi connectivity index (χ3v) is 5.98. The molecule has 6 nitrogen and oxygen atoms in total. The van der Waals surface area contributed by atoms with Gasteiger partial charge in [0.05, 0.1) is 19.7 Å². The minimum absolute atomic E-state index is 0.0540. The number of hydrogen-bond acceptors (Lipinski definition) is 6. The van der Waals surface area contributed by atoms with E-state index in [2.05, 4.69) is 10.3 Å². The number of nitrogens with one attached hydrogen (secondary N) is 1. The van der Waals surface area contributed by atoms with Crippen molar-refractivity contribution in [3.05, 3.63) is 65.0 Å². The summed E-state index contributed by atoms with van der Waals surface area (Å²) in [6.07, 6.45) is 3.96. The van der Waals surface area contributed by atoms with Gasteiger partial charge in [-0.15, -0.1) is 0 Å². The highest BCUT2D eigenvalue weighted by molar-refractivity contribution is 6.03. The average Bonchev–Trinajstić information content (AvgIpc) is 2.78. The molecule has 0 bridgehead atoms. The van der Waals surface area contributed by atoms with Gasteiger partial charge in [0.1, 0.15) is 0 Å². The molecule has 1 atom stereocenters. The van der Waals surface area contributed by atoms with Crippen LogP contribution in [-0.2, 0) is 4.79 Å². The van der Waals surface area contributed by atoms with Crippen LogP contribution >= 0.6 is 0 Å². The maximum Gasteiger partial charge on any atom is 0.200 e. The third kappa shape index (κ3) is 2.71. The summed E-state index contributed by atoms with van der Waals surface area (Å²) in [4.78, 5) is 17.6. The van der Waals surface area contributed by atoms with Crippen molar-refractivity contribution in [3.8, 4) is 17.2 Å². The van der Waals surface area contributed by atoms with Gasteiger partial charge in [-0.3, -0.25) is 9.78 Å². The van der Waals surface area contributed by atoms with Crippen molar-refractivity contribution in [2.45, 2.75) is 25.2 Å². The smallest absolute Gasteiger partial charge is 0.200 e. The Morgan fingerprint density at radius 1 is 1.10 bits per heavy atom. The predicted molar refractivity (Wildman–Crippen MR) is 114 cm³/mol. The minimum Gasteiger partial charge on any atom is -0.502 e. The number of carbonyl (C=O) groups is 1. The van der Waals surface area contributed by atoms with Crippen molar-refractivity contribution in [3.63, 3.8) is 0 Å². The molecule has 2 N–H and O–H groups in total. The van der Waals surface area contributed by atoms with E-state index in [0.717, 1.165) is 51.8 Å². The number of benzene rings is 2. The summed E-state index contributed by atoms with van der Waals surface area (Å²) in [5.74, 6) is 0.412. The first-order valence-corrected chi connectivity index (χ1v) is 9.98. The first kappa shape index (κ1) is 18.5.